The second kappa shape index (κ2) is 8.98. The number of carbonyl (C=O) groups is 3. The molecule has 15 heavy (non-hydrogen) atoms. The summed E-state index contributed by atoms with van der Waals surface area (Å²) in [6.45, 7) is 1.02. The van der Waals surface area contributed by atoms with E-state index >= 15 is 0 Å². The van der Waals surface area contributed by atoms with Gasteiger partial charge >= 0.3 is 5.97 Å². The smallest absolute Gasteiger partial charge is 0.306 e. The average Bonchev–Trinajstić information content (AvgIpc) is 2.25. The molecule has 0 heterocycles. The van der Waals surface area contributed by atoms with E-state index in [2.05, 4.69) is 15.4 Å². The van der Waals surface area contributed by atoms with Gasteiger partial charge in [0.1, 0.15) is 0 Å². The van der Waals surface area contributed by atoms with Crippen molar-refractivity contribution in [2.75, 3.05) is 20.2 Å². The third kappa shape index (κ3) is 8.73. The summed E-state index contributed by atoms with van der Waals surface area (Å²) in [5.74, 6) is -0.584. The van der Waals surface area contributed by atoms with Crippen LogP contribution in [0.2, 0.25) is 0 Å². The van der Waals surface area contributed by atoms with E-state index in [0.717, 1.165) is 0 Å². The second-order valence-electron chi connectivity index (χ2n) is 2.85. The Morgan fingerprint density at radius 2 is 2.00 bits per heavy atom. The predicted octanol–water partition coefficient (Wildman–Crippen LogP) is -0.808. The summed E-state index contributed by atoms with van der Waals surface area (Å²) in [5.41, 5.74) is 0. The molecule has 0 spiro atoms. The SMILES string of the molecule is COC(=O)CCC(=O)NCCCNC=O. The van der Waals surface area contributed by atoms with Crippen LogP contribution in [0.5, 0.6) is 0 Å². The minimum absolute atomic E-state index is 0.0922. The van der Waals surface area contributed by atoms with Gasteiger partial charge < -0.3 is 15.4 Å². The molecule has 6 heteroatoms. The van der Waals surface area contributed by atoms with E-state index in [-0.39, 0.29) is 18.7 Å². The maximum atomic E-state index is 11.1. The number of hydrogen-bond donors (Lipinski definition) is 2. The largest absolute Gasteiger partial charge is 0.469 e. The van der Waals surface area contributed by atoms with Crippen LogP contribution < -0.4 is 10.6 Å². The summed E-state index contributed by atoms with van der Waals surface area (Å²) in [5, 5.41) is 5.09. The lowest BCUT2D eigenvalue weighted by Crippen LogP contribution is -2.27. The number of esters is 1. The maximum Gasteiger partial charge on any atom is 0.306 e. The number of carbonyl (C=O) groups excluding carboxylic acids is 3. The third-order valence-corrected chi connectivity index (χ3v) is 1.69. The fourth-order valence-corrected chi connectivity index (χ4v) is 0.883. The highest BCUT2D eigenvalue weighted by Gasteiger charge is 2.05. The van der Waals surface area contributed by atoms with Crippen LogP contribution >= 0.6 is 0 Å². The minimum Gasteiger partial charge on any atom is -0.469 e. The van der Waals surface area contributed by atoms with Gasteiger partial charge in [0.25, 0.3) is 0 Å². The van der Waals surface area contributed by atoms with Gasteiger partial charge in [-0.3, -0.25) is 14.4 Å². The highest BCUT2D eigenvalue weighted by Crippen LogP contribution is 1.91. The number of rotatable bonds is 8. The number of hydrogen-bond acceptors (Lipinski definition) is 4. The summed E-state index contributed by atoms with van der Waals surface area (Å²) in [6, 6.07) is 0. The van der Waals surface area contributed by atoms with E-state index in [4.69, 9.17) is 0 Å². The predicted molar refractivity (Wildman–Crippen MR) is 52.9 cm³/mol. The Balaban J connectivity index is 3.33. The van der Waals surface area contributed by atoms with Gasteiger partial charge in [0.05, 0.1) is 13.5 Å². The highest BCUT2D eigenvalue weighted by atomic mass is 16.5. The van der Waals surface area contributed by atoms with Gasteiger partial charge in [-0.25, -0.2) is 0 Å². The molecule has 0 aliphatic rings. The highest BCUT2D eigenvalue weighted by molar-refractivity contribution is 5.81. The van der Waals surface area contributed by atoms with Crippen LogP contribution in [0.3, 0.4) is 0 Å². The lowest BCUT2D eigenvalue weighted by Gasteiger charge is -2.03. The van der Waals surface area contributed by atoms with Crippen LogP contribution in [-0.4, -0.2) is 38.5 Å². The molecule has 0 aromatic heterocycles. The molecule has 86 valence electrons. The Hall–Kier alpha value is -1.59. The summed E-state index contributed by atoms with van der Waals surface area (Å²) in [6.07, 6.45) is 1.50. The molecule has 0 atom stereocenters. The normalized spacial score (nSPS) is 9.13. The molecule has 0 aromatic carbocycles. The molecule has 0 radical (unpaired) electrons. The minimum atomic E-state index is -0.396. The van der Waals surface area contributed by atoms with Crippen molar-refractivity contribution >= 4 is 18.3 Å². The van der Waals surface area contributed by atoms with E-state index in [1.54, 1.807) is 0 Å². The lowest BCUT2D eigenvalue weighted by atomic mass is 10.3. The molecule has 0 bridgehead atoms. The zero-order valence-corrected chi connectivity index (χ0v) is 8.75. The van der Waals surface area contributed by atoms with Gasteiger partial charge in [0.15, 0.2) is 0 Å². The molecule has 6 nitrogen and oxygen atoms in total. The Bertz CT molecular complexity index is 218. The van der Waals surface area contributed by atoms with Crippen molar-refractivity contribution in [2.24, 2.45) is 0 Å². The van der Waals surface area contributed by atoms with E-state index in [1.165, 1.54) is 7.11 Å². The van der Waals surface area contributed by atoms with Crippen molar-refractivity contribution in [3.8, 4) is 0 Å². The monoisotopic (exact) mass is 216 g/mol. The first-order chi connectivity index (χ1) is 7.20. The van der Waals surface area contributed by atoms with E-state index in [0.29, 0.717) is 25.9 Å². The quantitative estimate of drug-likeness (QED) is 0.316. The van der Waals surface area contributed by atoms with Gasteiger partial charge in [-0.1, -0.05) is 0 Å². The van der Waals surface area contributed by atoms with Crippen LogP contribution in [-0.2, 0) is 19.1 Å². The second-order valence-corrected chi connectivity index (χ2v) is 2.85. The van der Waals surface area contributed by atoms with Gasteiger partial charge in [0.2, 0.25) is 12.3 Å². The summed E-state index contributed by atoms with van der Waals surface area (Å²) in [4.78, 5) is 31.6. The Morgan fingerprint density at radius 3 is 2.60 bits per heavy atom. The first kappa shape index (κ1) is 13.4. The number of nitrogens with one attached hydrogen (secondary N) is 2. The van der Waals surface area contributed by atoms with Gasteiger partial charge in [-0.05, 0) is 6.42 Å². The molecule has 0 saturated carbocycles. The summed E-state index contributed by atoms with van der Waals surface area (Å²) >= 11 is 0. The lowest BCUT2D eigenvalue weighted by molar-refractivity contribution is -0.142. The fraction of sp³-hybridized carbons (Fsp3) is 0.667. The molecule has 0 aliphatic heterocycles. The molecule has 0 aliphatic carbocycles. The average molecular weight is 216 g/mol. The standard InChI is InChI=1S/C9H16N2O4/c1-15-9(14)4-3-8(13)11-6-2-5-10-7-12/h7H,2-6H2,1H3,(H,10,12)(H,11,13). The molecular weight excluding hydrogens is 200 g/mol. The van der Waals surface area contributed by atoms with E-state index in [1.807, 2.05) is 0 Å². The number of methoxy groups -OCH3 is 1. The molecule has 0 aromatic rings. The Labute approximate surface area is 88.4 Å². The molecule has 0 unspecified atom stereocenters. The van der Waals surface area contributed by atoms with Crippen molar-refractivity contribution in [1.29, 1.82) is 0 Å². The summed E-state index contributed by atoms with van der Waals surface area (Å²) in [7, 11) is 1.28. The van der Waals surface area contributed by atoms with Crippen LogP contribution in [0.25, 0.3) is 0 Å². The van der Waals surface area contributed by atoms with Crippen molar-refractivity contribution < 1.29 is 19.1 Å². The fourth-order valence-electron chi connectivity index (χ4n) is 0.883. The number of ether oxygens (including phenoxy) is 1. The molecule has 2 amide bonds. The van der Waals surface area contributed by atoms with Crippen LogP contribution in [0.4, 0.5) is 0 Å². The Morgan fingerprint density at radius 1 is 1.27 bits per heavy atom. The maximum absolute atomic E-state index is 11.1. The topological polar surface area (TPSA) is 84.5 Å². The van der Waals surface area contributed by atoms with Crippen LogP contribution in [0.1, 0.15) is 19.3 Å². The van der Waals surface area contributed by atoms with Crippen molar-refractivity contribution in [3.05, 3.63) is 0 Å². The molecule has 0 fully saturated rings. The van der Waals surface area contributed by atoms with Crippen LogP contribution in [0.15, 0.2) is 0 Å². The summed E-state index contributed by atoms with van der Waals surface area (Å²) < 4.78 is 4.39. The molecular formula is C9H16N2O4. The molecule has 2 N–H and O–H groups in total. The zero-order chi connectivity index (χ0) is 11.5. The molecule has 0 saturated heterocycles. The first-order valence-corrected chi connectivity index (χ1v) is 4.71. The van der Waals surface area contributed by atoms with Gasteiger partial charge in [-0.2, -0.15) is 0 Å². The van der Waals surface area contributed by atoms with E-state index in [9.17, 15) is 14.4 Å². The van der Waals surface area contributed by atoms with Crippen molar-refractivity contribution in [1.82, 2.24) is 10.6 Å². The van der Waals surface area contributed by atoms with E-state index < -0.39 is 5.97 Å². The first-order valence-electron chi connectivity index (χ1n) is 4.71. The number of amides is 2. The third-order valence-electron chi connectivity index (χ3n) is 1.69. The Kier molecular flexibility index (Phi) is 8.03. The van der Waals surface area contributed by atoms with Crippen molar-refractivity contribution in [3.63, 3.8) is 0 Å². The van der Waals surface area contributed by atoms with Gasteiger partial charge in [0, 0.05) is 19.5 Å². The van der Waals surface area contributed by atoms with Crippen LogP contribution in [0, 0.1) is 0 Å². The van der Waals surface area contributed by atoms with Gasteiger partial charge in [-0.15, -0.1) is 0 Å². The van der Waals surface area contributed by atoms with Crippen molar-refractivity contribution in [2.45, 2.75) is 19.3 Å². The molecule has 0 rings (SSSR count). The zero-order valence-electron chi connectivity index (χ0n) is 8.75.